The molecule has 0 saturated carbocycles. The zero-order valence-corrected chi connectivity index (χ0v) is 13.1. The van der Waals surface area contributed by atoms with Crippen LogP contribution in [0.2, 0.25) is 5.02 Å². The molecule has 0 atom stereocenters. The van der Waals surface area contributed by atoms with Crippen molar-refractivity contribution in [3.63, 3.8) is 0 Å². The van der Waals surface area contributed by atoms with E-state index in [2.05, 4.69) is 5.32 Å². The molecule has 0 spiro atoms. The number of amides is 1. The summed E-state index contributed by atoms with van der Waals surface area (Å²) in [5, 5.41) is 3.27. The maximum Gasteiger partial charge on any atom is 0.244 e. The first-order valence-corrected chi connectivity index (χ1v) is 7.67. The molecule has 1 amide bonds. The van der Waals surface area contributed by atoms with Crippen LogP contribution in [0.1, 0.15) is 17.7 Å². The number of carbonyl (C=O) groups excluding carboxylic acids is 1. The second kappa shape index (κ2) is 7.24. The van der Waals surface area contributed by atoms with Crippen LogP contribution in [0, 0.1) is 0 Å². The zero-order chi connectivity index (χ0) is 16.1. The molecule has 0 aliphatic carbocycles. The van der Waals surface area contributed by atoms with Crippen molar-refractivity contribution in [3.8, 4) is 11.5 Å². The van der Waals surface area contributed by atoms with Gasteiger partial charge >= 0.3 is 0 Å². The standard InChI is InChI=1S/C17H16ClNO4/c18-14-9-12(10-15-17(14)23-8-2-7-22-15)11-19-16(20)5-4-13-3-1-6-21-13/h1,3-6,9-10H,2,7-8,11H2,(H,19,20)/b5-4+. The van der Waals surface area contributed by atoms with Gasteiger partial charge in [-0.1, -0.05) is 11.6 Å². The summed E-state index contributed by atoms with van der Waals surface area (Å²) in [5.41, 5.74) is 0.846. The molecule has 5 nitrogen and oxygen atoms in total. The summed E-state index contributed by atoms with van der Waals surface area (Å²) in [7, 11) is 0. The summed E-state index contributed by atoms with van der Waals surface area (Å²) in [4.78, 5) is 11.8. The Morgan fingerprint density at radius 2 is 2.17 bits per heavy atom. The summed E-state index contributed by atoms with van der Waals surface area (Å²) < 4.78 is 16.3. The van der Waals surface area contributed by atoms with Crippen molar-refractivity contribution in [2.24, 2.45) is 0 Å². The number of nitrogens with one attached hydrogen (secondary N) is 1. The van der Waals surface area contributed by atoms with Crippen molar-refractivity contribution < 1.29 is 18.7 Å². The number of hydrogen-bond acceptors (Lipinski definition) is 4. The summed E-state index contributed by atoms with van der Waals surface area (Å²) in [5.74, 6) is 1.59. The molecule has 0 radical (unpaired) electrons. The van der Waals surface area contributed by atoms with Crippen molar-refractivity contribution in [1.29, 1.82) is 0 Å². The van der Waals surface area contributed by atoms with Crippen LogP contribution in [0.5, 0.6) is 11.5 Å². The van der Waals surface area contributed by atoms with Crippen molar-refractivity contribution in [1.82, 2.24) is 5.32 Å². The van der Waals surface area contributed by atoms with Crippen LogP contribution in [-0.4, -0.2) is 19.1 Å². The first kappa shape index (κ1) is 15.5. The lowest BCUT2D eigenvalue weighted by atomic mass is 10.2. The van der Waals surface area contributed by atoms with E-state index in [9.17, 15) is 4.79 Å². The van der Waals surface area contributed by atoms with Gasteiger partial charge in [-0.25, -0.2) is 0 Å². The minimum atomic E-state index is -0.218. The molecule has 6 heteroatoms. The highest BCUT2D eigenvalue weighted by atomic mass is 35.5. The molecule has 0 unspecified atom stereocenters. The molecule has 2 aromatic rings. The van der Waals surface area contributed by atoms with Gasteiger partial charge in [0.05, 0.1) is 24.5 Å². The molecular formula is C17H16ClNO4. The summed E-state index contributed by atoms with van der Waals surface area (Å²) in [6, 6.07) is 7.14. The Balaban J connectivity index is 1.63. The molecule has 1 aliphatic heterocycles. The Kier molecular flexibility index (Phi) is 4.88. The van der Waals surface area contributed by atoms with E-state index < -0.39 is 0 Å². The Morgan fingerprint density at radius 1 is 1.30 bits per heavy atom. The minimum Gasteiger partial charge on any atom is -0.489 e. The third-order valence-corrected chi connectivity index (χ3v) is 3.55. The third kappa shape index (κ3) is 4.07. The Bertz CT molecular complexity index is 710. The SMILES string of the molecule is O=C(/C=C/c1ccco1)NCc1cc(Cl)c2c(c1)OCCCO2. The van der Waals surface area contributed by atoms with Crippen molar-refractivity contribution in [2.75, 3.05) is 13.2 Å². The highest BCUT2D eigenvalue weighted by Crippen LogP contribution is 2.37. The van der Waals surface area contributed by atoms with Crippen LogP contribution in [0.4, 0.5) is 0 Å². The number of ether oxygens (including phenoxy) is 2. The highest BCUT2D eigenvalue weighted by Gasteiger charge is 2.15. The van der Waals surface area contributed by atoms with Gasteiger partial charge in [0.15, 0.2) is 11.5 Å². The Morgan fingerprint density at radius 3 is 3.00 bits per heavy atom. The van der Waals surface area contributed by atoms with Gasteiger partial charge in [-0.3, -0.25) is 4.79 Å². The Hall–Kier alpha value is -2.40. The molecule has 1 aliphatic rings. The average molecular weight is 334 g/mol. The van der Waals surface area contributed by atoms with E-state index in [4.69, 9.17) is 25.5 Å². The van der Waals surface area contributed by atoms with Gasteiger partial charge in [-0.15, -0.1) is 0 Å². The molecule has 1 N–H and O–H groups in total. The second-order valence-electron chi connectivity index (χ2n) is 5.02. The van der Waals surface area contributed by atoms with Gasteiger partial charge in [0, 0.05) is 19.0 Å². The molecule has 23 heavy (non-hydrogen) atoms. The van der Waals surface area contributed by atoms with Crippen LogP contribution in [0.25, 0.3) is 6.08 Å². The summed E-state index contributed by atoms with van der Waals surface area (Å²) in [6.07, 6.45) is 5.39. The molecule has 1 aromatic carbocycles. The topological polar surface area (TPSA) is 60.7 Å². The zero-order valence-electron chi connectivity index (χ0n) is 12.4. The van der Waals surface area contributed by atoms with E-state index in [0.29, 0.717) is 42.0 Å². The molecule has 3 rings (SSSR count). The van der Waals surface area contributed by atoms with Crippen LogP contribution in [0.3, 0.4) is 0 Å². The van der Waals surface area contributed by atoms with E-state index in [-0.39, 0.29) is 5.91 Å². The van der Waals surface area contributed by atoms with Gasteiger partial charge in [0.2, 0.25) is 5.91 Å². The molecular weight excluding hydrogens is 318 g/mol. The number of rotatable bonds is 4. The lowest BCUT2D eigenvalue weighted by molar-refractivity contribution is -0.116. The van der Waals surface area contributed by atoms with E-state index in [1.807, 2.05) is 6.07 Å². The number of furan rings is 1. The Labute approximate surface area is 138 Å². The van der Waals surface area contributed by atoms with Gasteiger partial charge in [-0.05, 0) is 35.9 Å². The van der Waals surface area contributed by atoms with Crippen LogP contribution >= 0.6 is 11.6 Å². The van der Waals surface area contributed by atoms with Gasteiger partial charge in [0.1, 0.15) is 5.76 Å². The van der Waals surface area contributed by atoms with Crippen molar-refractivity contribution in [2.45, 2.75) is 13.0 Å². The first-order valence-electron chi connectivity index (χ1n) is 7.30. The average Bonchev–Trinajstić information content (AvgIpc) is 2.95. The van der Waals surface area contributed by atoms with Gasteiger partial charge in [-0.2, -0.15) is 0 Å². The largest absolute Gasteiger partial charge is 0.489 e. The monoisotopic (exact) mass is 333 g/mol. The molecule has 0 saturated heterocycles. The molecule has 0 fully saturated rings. The number of fused-ring (bicyclic) bond motifs is 1. The number of benzene rings is 1. The second-order valence-corrected chi connectivity index (χ2v) is 5.43. The lowest BCUT2D eigenvalue weighted by Crippen LogP contribution is -2.20. The predicted octanol–water partition coefficient (Wildman–Crippen LogP) is 3.42. The van der Waals surface area contributed by atoms with Crippen molar-refractivity contribution >= 4 is 23.6 Å². The first-order chi connectivity index (χ1) is 11.2. The van der Waals surface area contributed by atoms with Crippen LogP contribution in [0.15, 0.2) is 41.0 Å². The summed E-state index contributed by atoms with van der Waals surface area (Å²) >= 11 is 6.22. The lowest BCUT2D eigenvalue weighted by Gasteiger charge is -2.11. The van der Waals surface area contributed by atoms with Crippen LogP contribution < -0.4 is 14.8 Å². The molecule has 0 bridgehead atoms. The minimum absolute atomic E-state index is 0.218. The molecule has 1 aromatic heterocycles. The van der Waals surface area contributed by atoms with Crippen LogP contribution in [-0.2, 0) is 11.3 Å². The fourth-order valence-corrected chi connectivity index (χ4v) is 2.47. The molecule has 120 valence electrons. The van der Waals surface area contributed by atoms with E-state index in [0.717, 1.165) is 12.0 Å². The fraction of sp³-hybridized carbons (Fsp3) is 0.235. The fourth-order valence-electron chi connectivity index (χ4n) is 2.18. The van der Waals surface area contributed by atoms with E-state index >= 15 is 0 Å². The number of hydrogen-bond donors (Lipinski definition) is 1. The number of carbonyl (C=O) groups is 1. The van der Waals surface area contributed by atoms with Gasteiger partial charge < -0.3 is 19.2 Å². The van der Waals surface area contributed by atoms with Crippen molar-refractivity contribution in [3.05, 3.63) is 53.0 Å². The van der Waals surface area contributed by atoms with E-state index in [1.165, 1.54) is 6.08 Å². The normalized spacial score (nSPS) is 13.8. The maximum atomic E-state index is 11.8. The summed E-state index contributed by atoms with van der Waals surface area (Å²) in [6.45, 7) is 1.52. The third-order valence-electron chi connectivity index (χ3n) is 3.27. The smallest absolute Gasteiger partial charge is 0.244 e. The highest BCUT2D eigenvalue weighted by molar-refractivity contribution is 6.32. The van der Waals surface area contributed by atoms with E-state index in [1.54, 1.807) is 30.5 Å². The van der Waals surface area contributed by atoms with Gasteiger partial charge in [0.25, 0.3) is 0 Å². The maximum absolute atomic E-state index is 11.8. The quantitative estimate of drug-likeness (QED) is 0.871. The predicted molar refractivity (Wildman–Crippen MR) is 86.6 cm³/mol. The molecule has 2 heterocycles. The number of halogens is 1.